The molecular formula is C22H17NO3. The third-order valence-corrected chi connectivity index (χ3v) is 5.35. The van der Waals surface area contributed by atoms with Crippen molar-refractivity contribution in [1.29, 1.82) is 0 Å². The molecule has 5 rings (SSSR count). The molecule has 4 heteroatoms. The van der Waals surface area contributed by atoms with Crippen LogP contribution in [0.5, 0.6) is 11.5 Å². The number of aryl methyl sites for hydroxylation is 2. The summed E-state index contributed by atoms with van der Waals surface area (Å²) in [5.41, 5.74) is 10.9. The molecule has 128 valence electrons. The first kappa shape index (κ1) is 15.0. The first-order valence-electron chi connectivity index (χ1n) is 8.53. The summed E-state index contributed by atoms with van der Waals surface area (Å²) in [5.74, 6) is 0.982. The molecule has 1 spiro atoms. The highest BCUT2D eigenvalue weighted by molar-refractivity contribution is 5.97. The Bertz CT molecular complexity index is 1100. The van der Waals surface area contributed by atoms with Crippen molar-refractivity contribution in [3.8, 4) is 11.5 Å². The Balaban J connectivity index is 1.92. The van der Waals surface area contributed by atoms with Gasteiger partial charge in [0.05, 0.1) is 5.56 Å². The summed E-state index contributed by atoms with van der Waals surface area (Å²) in [6, 6.07) is 17.1. The summed E-state index contributed by atoms with van der Waals surface area (Å²) in [4.78, 5) is 12.7. The second kappa shape index (κ2) is 4.88. The van der Waals surface area contributed by atoms with Gasteiger partial charge in [0.15, 0.2) is 5.60 Å². The largest absolute Gasteiger partial charge is 0.456 e. The van der Waals surface area contributed by atoms with Gasteiger partial charge in [0.1, 0.15) is 11.5 Å². The van der Waals surface area contributed by atoms with Crippen LogP contribution in [-0.2, 0) is 10.3 Å². The summed E-state index contributed by atoms with van der Waals surface area (Å²) in [6.07, 6.45) is 0. The highest BCUT2D eigenvalue weighted by atomic mass is 16.6. The van der Waals surface area contributed by atoms with Crippen molar-refractivity contribution in [1.82, 2.24) is 0 Å². The van der Waals surface area contributed by atoms with Crippen LogP contribution in [0.4, 0.5) is 5.69 Å². The Kier molecular flexibility index (Phi) is 2.82. The van der Waals surface area contributed by atoms with E-state index < -0.39 is 5.60 Å². The highest BCUT2D eigenvalue weighted by Crippen LogP contribution is 2.56. The van der Waals surface area contributed by atoms with Crippen LogP contribution in [0.2, 0.25) is 0 Å². The van der Waals surface area contributed by atoms with Gasteiger partial charge >= 0.3 is 5.97 Å². The maximum Gasteiger partial charge on any atom is 0.340 e. The lowest BCUT2D eigenvalue weighted by atomic mass is 9.77. The normalized spacial score (nSPS) is 19.4. The van der Waals surface area contributed by atoms with E-state index >= 15 is 0 Å². The molecule has 2 heterocycles. The van der Waals surface area contributed by atoms with Crippen molar-refractivity contribution in [3.05, 3.63) is 88.0 Å². The quantitative estimate of drug-likeness (QED) is 0.484. The molecule has 1 atom stereocenters. The molecule has 0 saturated carbocycles. The third-order valence-electron chi connectivity index (χ3n) is 5.35. The highest BCUT2D eigenvalue weighted by Gasteiger charge is 2.53. The summed E-state index contributed by atoms with van der Waals surface area (Å²) in [5, 5.41) is 0. The monoisotopic (exact) mass is 343 g/mol. The number of anilines is 1. The average molecular weight is 343 g/mol. The van der Waals surface area contributed by atoms with Gasteiger partial charge < -0.3 is 15.2 Å². The number of nitrogen functional groups attached to an aromatic ring is 1. The molecule has 0 bridgehead atoms. The smallest absolute Gasteiger partial charge is 0.340 e. The summed E-state index contributed by atoms with van der Waals surface area (Å²) in [6.45, 7) is 4.08. The van der Waals surface area contributed by atoms with Crippen LogP contribution in [0.1, 0.15) is 38.2 Å². The van der Waals surface area contributed by atoms with E-state index in [1.807, 2.05) is 50.2 Å². The minimum atomic E-state index is -1.01. The predicted molar refractivity (Wildman–Crippen MR) is 98.6 cm³/mol. The predicted octanol–water partition coefficient (Wildman–Crippen LogP) is 4.45. The number of esters is 1. The molecule has 1 unspecified atom stereocenters. The number of carbonyl (C=O) groups excluding carboxylic acids is 1. The maximum absolute atomic E-state index is 12.7. The Morgan fingerprint density at radius 3 is 2.42 bits per heavy atom. The van der Waals surface area contributed by atoms with E-state index in [0.717, 1.165) is 27.8 Å². The molecular weight excluding hydrogens is 326 g/mol. The van der Waals surface area contributed by atoms with Crippen molar-refractivity contribution >= 4 is 11.7 Å². The minimum Gasteiger partial charge on any atom is -0.456 e. The maximum atomic E-state index is 12.7. The van der Waals surface area contributed by atoms with Crippen molar-refractivity contribution in [2.45, 2.75) is 19.4 Å². The van der Waals surface area contributed by atoms with E-state index in [1.54, 1.807) is 12.1 Å². The Labute approximate surface area is 151 Å². The van der Waals surface area contributed by atoms with Gasteiger partial charge in [-0.05, 0) is 55.3 Å². The average Bonchev–Trinajstić information content (AvgIpc) is 2.91. The first-order chi connectivity index (χ1) is 12.5. The fraction of sp³-hybridized carbons (Fsp3) is 0.136. The molecule has 0 aliphatic carbocycles. The Morgan fingerprint density at radius 1 is 0.846 bits per heavy atom. The molecule has 0 fully saturated rings. The van der Waals surface area contributed by atoms with E-state index in [1.165, 1.54) is 0 Å². The minimum absolute atomic E-state index is 0.325. The standard InChI is InChI=1S/C22H17NO3/c1-12-9-18-19(10-13(12)2)25-20-11-14(23)7-8-17(20)22(18)16-6-4-3-5-15(16)21(24)26-22/h3-11H,23H2,1-2H3. The summed E-state index contributed by atoms with van der Waals surface area (Å²) < 4.78 is 12.2. The molecule has 26 heavy (non-hydrogen) atoms. The second-order valence-electron chi connectivity index (χ2n) is 6.91. The van der Waals surface area contributed by atoms with Gasteiger partial charge in [-0.2, -0.15) is 0 Å². The van der Waals surface area contributed by atoms with Crippen LogP contribution >= 0.6 is 0 Å². The first-order valence-corrected chi connectivity index (χ1v) is 8.53. The number of nitrogens with two attached hydrogens (primary N) is 1. The van der Waals surface area contributed by atoms with E-state index in [9.17, 15) is 4.79 Å². The lowest BCUT2D eigenvalue weighted by Crippen LogP contribution is -2.33. The lowest BCUT2D eigenvalue weighted by Gasteiger charge is -2.37. The fourth-order valence-corrected chi connectivity index (χ4v) is 3.94. The molecule has 0 radical (unpaired) electrons. The third kappa shape index (κ3) is 1.76. The van der Waals surface area contributed by atoms with Crippen LogP contribution in [0.15, 0.2) is 54.6 Å². The van der Waals surface area contributed by atoms with Crippen molar-refractivity contribution in [2.75, 3.05) is 5.73 Å². The number of hydrogen-bond donors (Lipinski definition) is 1. The van der Waals surface area contributed by atoms with E-state index in [4.69, 9.17) is 15.2 Å². The van der Waals surface area contributed by atoms with E-state index in [0.29, 0.717) is 22.7 Å². The van der Waals surface area contributed by atoms with Crippen LogP contribution in [-0.4, -0.2) is 5.97 Å². The molecule has 2 aliphatic heterocycles. The van der Waals surface area contributed by atoms with Crippen molar-refractivity contribution < 1.29 is 14.3 Å². The van der Waals surface area contributed by atoms with E-state index in [2.05, 4.69) is 6.07 Å². The molecule has 0 aromatic heterocycles. The SMILES string of the molecule is Cc1cc2c(cc1C)C1(OC(=O)c3ccccc31)c1ccc(N)cc1O2. The zero-order valence-corrected chi connectivity index (χ0v) is 14.5. The number of carbonyl (C=O) groups is 1. The molecule has 3 aromatic rings. The number of hydrogen-bond acceptors (Lipinski definition) is 4. The van der Waals surface area contributed by atoms with Gasteiger partial charge in [0, 0.05) is 28.4 Å². The van der Waals surface area contributed by atoms with Crippen molar-refractivity contribution in [3.63, 3.8) is 0 Å². The molecule has 0 amide bonds. The van der Waals surface area contributed by atoms with Crippen molar-refractivity contribution in [2.24, 2.45) is 0 Å². The van der Waals surface area contributed by atoms with Crippen LogP contribution < -0.4 is 10.5 Å². The molecule has 2 N–H and O–H groups in total. The zero-order chi connectivity index (χ0) is 18.1. The number of benzene rings is 3. The molecule has 2 aliphatic rings. The van der Waals surface area contributed by atoms with Gasteiger partial charge in [-0.1, -0.05) is 18.2 Å². The van der Waals surface area contributed by atoms with E-state index in [-0.39, 0.29) is 5.97 Å². The van der Waals surface area contributed by atoms with Gasteiger partial charge in [-0.15, -0.1) is 0 Å². The summed E-state index contributed by atoms with van der Waals surface area (Å²) >= 11 is 0. The van der Waals surface area contributed by atoms with Gasteiger partial charge in [-0.25, -0.2) is 4.79 Å². The molecule has 3 aromatic carbocycles. The molecule has 4 nitrogen and oxygen atoms in total. The van der Waals surface area contributed by atoms with Crippen LogP contribution in [0, 0.1) is 13.8 Å². The topological polar surface area (TPSA) is 61.5 Å². The van der Waals surface area contributed by atoms with Gasteiger partial charge in [0.2, 0.25) is 0 Å². The van der Waals surface area contributed by atoms with Gasteiger partial charge in [0.25, 0.3) is 0 Å². The van der Waals surface area contributed by atoms with Gasteiger partial charge in [-0.3, -0.25) is 0 Å². The van der Waals surface area contributed by atoms with Crippen LogP contribution in [0.3, 0.4) is 0 Å². The Morgan fingerprint density at radius 2 is 1.58 bits per heavy atom. The fourth-order valence-electron chi connectivity index (χ4n) is 3.94. The number of fused-ring (bicyclic) bond motifs is 6. The number of ether oxygens (including phenoxy) is 2. The second-order valence-corrected chi connectivity index (χ2v) is 6.91. The lowest BCUT2D eigenvalue weighted by molar-refractivity contribution is 0.0224. The van der Waals surface area contributed by atoms with Crippen LogP contribution in [0.25, 0.3) is 0 Å². The Hall–Kier alpha value is -3.27. The number of rotatable bonds is 0. The molecule has 0 saturated heterocycles. The summed E-state index contributed by atoms with van der Waals surface area (Å²) in [7, 11) is 0. The zero-order valence-electron chi connectivity index (χ0n) is 14.5.